The number of fused-ring (bicyclic) bond motifs is 1. The van der Waals surface area contributed by atoms with Crippen molar-refractivity contribution in [3.8, 4) is 0 Å². The van der Waals surface area contributed by atoms with E-state index in [-0.39, 0.29) is 45.1 Å². The van der Waals surface area contributed by atoms with Crippen LogP contribution in [0.15, 0.2) is 33.7 Å². The summed E-state index contributed by atoms with van der Waals surface area (Å²) in [5, 5.41) is 36.0. The van der Waals surface area contributed by atoms with Gasteiger partial charge in [0.2, 0.25) is 16.7 Å². The van der Waals surface area contributed by atoms with Gasteiger partial charge in [-0.2, -0.15) is 9.36 Å². The lowest BCUT2D eigenvalue weighted by molar-refractivity contribution is -0.150. The first-order chi connectivity index (χ1) is 19.7. The van der Waals surface area contributed by atoms with Crippen LogP contribution in [0, 0.1) is 0 Å². The number of carboxylic acids is 2. The fraction of sp³-hybridized carbons (Fsp3) is 0.429. The molecule has 4 heterocycles. The van der Waals surface area contributed by atoms with Crippen LogP contribution >= 0.6 is 35.1 Å². The molecule has 0 radical (unpaired) electrons. The molecular weight excluding hydrogens is 600 g/mol. The number of allylic oxidation sites excluding steroid dienone is 1. The molecule has 0 saturated carbocycles. The van der Waals surface area contributed by atoms with Crippen LogP contribution in [0.1, 0.15) is 25.1 Å². The maximum absolute atomic E-state index is 13.2. The highest BCUT2D eigenvalue weighted by Gasteiger charge is 2.54. The third-order valence-corrected chi connectivity index (χ3v) is 8.98. The molecule has 216 valence electrons. The minimum absolute atomic E-state index is 0.0552. The van der Waals surface area contributed by atoms with Gasteiger partial charge in [-0.1, -0.05) is 23.0 Å². The summed E-state index contributed by atoms with van der Waals surface area (Å²) >= 11 is 3.19. The van der Waals surface area contributed by atoms with Gasteiger partial charge >= 0.3 is 11.9 Å². The van der Waals surface area contributed by atoms with E-state index in [1.54, 1.807) is 0 Å². The average molecular weight is 623 g/mol. The van der Waals surface area contributed by atoms with Gasteiger partial charge in [0.1, 0.15) is 29.8 Å². The van der Waals surface area contributed by atoms with Crippen molar-refractivity contribution >= 4 is 69.7 Å². The lowest BCUT2D eigenvalue weighted by Gasteiger charge is -2.49. The number of amides is 2. The highest BCUT2D eigenvalue weighted by molar-refractivity contribution is 8.01. The first-order valence-electron chi connectivity index (χ1n) is 12.0. The van der Waals surface area contributed by atoms with Crippen molar-refractivity contribution in [2.24, 2.45) is 5.16 Å². The number of oxime groups is 1. The number of hydrogen-bond acceptors (Lipinski definition) is 15. The van der Waals surface area contributed by atoms with Crippen molar-refractivity contribution in [3.05, 3.63) is 29.2 Å². The summed E-state index contributed by atoms with van der Waals surface area (Å²) in [6.07, 6.45) is 6.03. The fourth-order valence-electron chi connectivity index (χ4n) is 4.19. The Kier molecular flexibility index (Phi) is 8.49. The molecule has 3 aliphatic rings. The molecule has 20 heteroatoms. The average Bonchev–Trinajstić information content (AvgIpc) is 3.58. The van der Waals surface area contributed by atoms with E-state index in [1.807, 2.05) is 12.2 Å². The van der Waals surface area contributed by atoms with Gasteiger partial charge in [0, 0.05) is 23.0 Å². The van der Waals surface area contributed by atoms with Crippen LogP contribution in [0.25, 0.3) is 0 Å². The first-order valence-corrected chi connectivity index (χ1v) is 14.9. The molecule has 2 aromatic rings. The Morgan fingerprint density at radius 2 is 2.15 bits per heavy atom. The molecule has 5 N–H and O–H groups in total. The Balaban J connectivity index is 1.29. The van der Waals surface area contributed by atoms with E-state index in [0.29, 0.717) is 5.57 Å². The van der Waals surface area contributed by atoms with Crippen molar-refractivity contribution in [2.75, 3.05) is 17.2 Å². The zero-order valence-electron chi connectivity index (χ0n) is 20.9. The molecule has 17 nitrogen and oxygen atoms in total. The minimum atomic E-state index is -1.31. The van der Waals surface area contributed by atoms with E-state index >= 15 is 0 Å². The summed E-state index contributed by atoms with van der Waals surface area (Å²) in [5.74, 6) is -3.56. The topological polar surface area (TPSA) is 241 Å². The van der Waals surface area contributed by atoms with Gasteiger partial charge in [0.15, 0.2) is 5.13 Å². The van der Waals surface area contributed by atoms with Crippen LogP contribution in [-0.2, 0) is 30.6 Å². The van der Waals surface area contributed by atoms with Gasteiger partial charge in [-0.15, -0.1) is 16.9 Å². The number of nitrogens with zero attached hydrogens (tertiary/aromatic N) is 8. The molecule has 41 heavy (non-hydrogen) atoms. The second-order valence-corrected chi connectivity index (χ2v) is 11.6. The van der Waals surface area contributed by atoms with Gasteiger partial charge < -0.3 is 26.1 Å². The predicted octanol–water partition coefficient (Wildman–Crippen LogP) is -0.448. The summed E-state index contributed by atoms with van der Waals surface area (Å²) in [7, 11) is 0. The quantitative estimate of drug-likeness (QED) is 0.0815. The lowest BCUT2D eigenvalue weighted by atomic mass is 10.0. The van der Waals surface area contributed by atoms with E-state index in [4.69, 9.17) is 15.7 Å². The van der Waals surface area contributed by atoms with Gasteiger partial charge in [0.05, 0.1) is 0 Å². The number of tetrazole rings is 1. The van der Waals surface area contributed by atoms with Crippen molar-refractivity contribution in [1.82, 2.24) is 39.8 Å². The van der Waals surface area contributed by atoms with Crippen LogP contribution in [0.4, 0.5) is 5.13 Å². The SMILES string of the molecule is Nc1nc(/C(=N/OC2C=CCCC2)C(=O)NC2C(=O)N3C(C(=O)O)=C(CSc4nnnn4CC(=O)O)CS[C@H]23)ns1. The first kappa shape index (κ1) is 28.5. The lowest BCUT2D eigenvalue weighted by Crippen LogP contribution is -2.71. The van der Waals surface area contributed by atoms with Crippen LogP contribution in [0.5, 0.6) is 0 Å². The summed E-state index contributed by atoms with van der Waals surface area (Å²) in [6.45, 7) is -0.459. The summed E-state index contributed by atoms with van der Waals surface area (Å²) in [5.41, 5.74) is 5.65. The highest BCUT2D eigenvalue weighted by Crippen LogP contribution is 2.41. The number of aromatic nitrogens is 6. The molecule has 2 aromatic heterocycles. The molecule has 2 amide bonds. The number of anilines is 1. The fourth-order valence-corrected chi connectivity index (χ4v) is 6.98. The summed E-state index contributed by atoms with van der Waals surface area (Å²) in [6, 6.07) is -1.03. The Bertz CT molecular complexity index is 1470. The Hall–Kier alpha value is -4.04. The van der Waals surface area contributed by atoms with Crippen molar-refractivity contribution in [3.63, 3.8) is 0 Å². The molecule has 0 aromatic carbocycles. The maximum atomic E-state index is 13.2. The molecule has 5 rings (SSSR count). The summed E-state index contributed by atoms with van der Waals surface area (Å²) < 4.78 is 5.12. The van der Waals surface area contributed by atoms with Gasteiger partial charge in [0.25, 0.3) is 11.8 Å². The van der Waals surface area contributed by atoms with Crippen molar-refractivity contribution in [2.45, 2.75) is 48.5 Å². The largest absolute Gasteiger partial charge is 0.480 e. The number of carboxylic acid groups (broad SMARTS) is 2. The monoisotopic (exact) mass is 622 g/mol. The standard InChI is InChI=1S/C21H22N10O7S3/c22-20-24-15(27-41-20)12(26-38-10-4-2-1-3-5-10)16(34)23-13-17(35)31-14(19(36)37)9(7-39-18(13)31)8-40-21-25-28-29-30(21)6-11(32)33/h2,4,10,13,18H,1,3,5-8H2,(H,23,34)(H,32,33)(H,36,37)(H2,22,24,27)/b26-12-/t10?,13?,18-/m1/s1. The number of nitrogen functional groups attached to an aromatic ring is 1. The van der Waals surface area contributed by atoms with Crippen molar-refractivity contribution < 1.29 is 34.2 Å². The van der Waals surface area contributed by atoms with Gasteiger partial charge in [-0.25, -0.2) is 9.48 Å². The molecule has 2 unspecified atom stereocenters. The summed E-state index contributed by atoms with van der Waals surface area (Å²) in [4.78, 5) is 60.2. The predicted molar refractivity (Wildman–Crippen MR) is 145 cm³/mol. The second kappa shape index (κ2) is 12.2. The number of rotatable bonds is 11. The minimum Gasteiger partial charge on any atom is -0.480 e. The number of nitrogens with two attached hydrogens (primary N) is 1. The highest BCUT2D eigenvalue weighted by atomic mass is 32.2. The zero-order valence-corrected chi connectivity index (χ0v) is 23.4. The van der Waals surface area contributed by atoms with Crippen LogP contribution in [0.3, 0.4) is 0 Å². The Labute approximate surface area is 243 Å². The van der Waals surface area contributed by atoms with E-state index in [0.717, 1.165) is 52.1 Å². The van der Waals surface area contributed by atoms with E-state index in [2.05, 4.69) is 35.4 Å². The molecule has 0 spiro atoms. The van der Waals surface area contributed by atoms with Gasteiger partial charge in [-0.05, 0) is 41.3 Å². The normalized spacial score (nSPS) is 22.2. The molecule has 1 saturated heterocycles. The van der Waals surface area contributed by atoms with Crippen LogP contribution in [0.2, 0.25) is 0 Å². The maximum Gasteiger partial charge on any atom is 0.352 e. The molecule has 1 aliphatic carbocycles. The smallest absolute Gasteiger partial charge is 0.352 e. The number of aliphatic carboxylic acids is 2. The third-order valence-electron chi connectivity index (χ3n) is 6.05. The third kappa shape index (κ3) is 6.17. The zero-order chi connectivity index (χ0) is 29.1. The van der Waals surface area contributed by atoms with Crippen LogP contribution in [-0.4, -0.2) is 103 Å². The van der Waals surface area contributed by atoms with E-state index in [9.17, 15) is 24.3 Å². The number of β-lactam (4-membered cyclic amide) rings is 1. The molecule has 3 atom stereocenters. The van der Waals surface area contributed by atoms with E-state index < -0.39 is 41.7 Å². The molecule has 0 bridgehead atoms. The van der Waals surface area contributed by atoms with Gasteiger partial charge in [-0.3, -0.25) is 19.3 Å². The Morgan fingerprint density at radius 1 is 1.32 bits per heavy atom. The molecule has 1 fully saturated rings. The number of nitrogens with one attached hydrogen (secondary N) is 1. The van der Waals surface area contributed by atoms with E-state index in [1.165, 1.54) is 11.8 Å². The number of thioether (sulfide) groups is 2. The molecular formula is C21H22N10O7S3. The Morgan fingerprint density at radius 3 is 2.83 bits per heavy atom. The molecule has 2 aliphatic heterocycles. The second-order valence-electron chi connectivity index (χ2n) is 8.82. The van der Waals surface area contributed by atoms with Crippen LogP contribution < -0.4 is 11.1 Å². The van der Waals surface area contributed by atoms with Crippen molar-refractivity contribution in [1.29, 1.82) is 0 Å². The number of carbonyl (C=O) groups is 4. The number of hydrogen-bond donors (Lipinski definition) is 4. The number of carbonyl (C=O) groups excluding carboxylic acids is 2.